The highest BCUT2D eigenvalue weighted by Gasteiger charge is 2.30. The van der Waals surface area contributed by atoms with Crippen molar-refractivity contribution in [3.05, 3.63) is 12.2 Å². The normalized spacial score (nSPS) is 24.1. The monoisotopic (exact) mass is 306 g/mol. The second-order valence-corrected chi connectivity index (χ2v) is 6.43. The van der Waals surface area contributed by atoms with Gasteiger partial charge in [-0.15, -0.1) is 10.2 Å². The van der Waals surface area contributed by atoms with Crippen LogP contribution in [0, 0.1) is 0 Å². The summed E-state index contributed by atoms with van der Waals surface area (Å²) in [5, 5.41) is 8.23. The van der Waals surface area contributed by atoms with Gasteiger partial charge >= 0.3 is 0 Å². The van der Waals surface area contributed by atoms with Crippen molar-refractivity contribution in [1.82, 2.24) is 29.5 Å². The highest BCUT2D eigenvalue weighted by Crippen LogP contribution is 2.30. The molecule has 0 spiro atoms. The fourth-order valence-corrected chi connectivity index (χ4v) is 3.43. The molecular weight excluding hydrogens is 280 g/mol. The summed E-state index contributed by atoms with van der Waals surface area (Å²) in [5.74, 6) is 1.31. The van der Waals surface area contributed by atoms with Gasteiger partial charge in [0.1, 0.15) is 12.2 Å². The highest BCUT2D eigenvalue weighted by molar-refractivity contribution is 5.76. The van der Waals surface area contributed by atoms with Crippen LogP contribution in [0.15, 0.2) is 6.33 Å². The van der Waals surface area contributed by atoms with Crippen molar-refractivity contribution in [2.45, 2.75) is 25.3 Å². The second kappa shape index (κ2) is 6.75. The molecule has 2 saturated heterocycles. The maximum Gasteiger partial charge on any atom is 0.223 e. The third kappa shape index (κ3) is 3.30. The van der Waals surface area contributed by atoms with E-state index in [9.17, 15) is 4.79 Å². The Bertz CT molecular complexity index is 508. The van der Waals surface area contributed by atoms with Crippen molar-refractivity contribution >= 4 is 5.91 Å². The largest absolute Gasteiger partial charge is 0.340 e. The van der Waals surface area contributed by atoms with Crippen LogP contribution in [0.4, 0.5) is 0 Å². The molecule has 2 fully saturated rings. The number of aromatic nitrogens is 3. The van der Waals surface area contributed by atoms with Crippen molar-refractivity contribution in [3.63, 3.8) is 0 Å². The van der Waals surface area contributed by atoms with E-state index in [0.29, 0.717) is 12.5 Å². The predicted octanol–water partition coefficient (Wildman–Crippen LogP) is 0.116. The molecule has 0 saturated carbocycles. The number of hydrogen-bond acceptors (Lipinski definition) is 5. The van der Waals surface area contributed by atoms with Gasteiger partial charge in [-0.2, -0.15) is 0 Å². The Morgan fingerprint density at radius 3 is 2.68 bits per heavy atom. The summed E-state index contributed by atoms with van der Waals surface area (Å²) >= 11 is 0. The number of amides is 1. The first-order valence-corrected chi connectivity index (χ1v) is 8.19. The van der Waals surface area contributed by atoms with Crippen LogP contribution in [-0.2, 0) is 11.8 Å². The van der Waals surface area contributed by atoms with Crippen molar-refractivity contribution in [1.29, 1.82) is 0 Å². The summed E-state index contributed by atoms with van der Waals surface area (Å²) in [4.78, 5) is 19.0. The fraction of sp³-hybridized carbons (Fsp3) is 0.800. The third-order valence-corrected chi connectivity index (χ3v) is 4.88. The Hall–Kier alpha value is -1.47. The van der Waals surface area contributed by atoms with Gasteiger partial charge in [-0.05, 0) is 26.4 Å². The van der Waals surface area contributed by atoms with Crippen LogP contribution in [0.25, 0.3) is 0 Å². The van der Waals surface area contributed by atoms with Gasteiger partial charge in [-0.3, -0.25) is 9.69 Å². The van der Waals surface area contributed by atoms with E-state index in [1.54, 1.807) is 6.33 Å². The van der Waals surface area contributed by atoms with Crippen molar-refractivity contribution < 1.29 is 4.79 Å². The summed E-state index contributed by atoms with van der Waals surface area (Å²) in [6, 6.07) is 0.313. The Morgan fingerprint density at radius 2 is 2.00 bits per heavy atom. The minimum Gasteiger partial charge on any atom is -0.340 e. The number of carbonyl (C=O) groups excluding carboxylic acids is 1. The van der Waals surface area contributed by atoms with Gasteiger partial charge in [0.05, 0.1) is 6.04 Å². The zero-order valence-electron chi connectivity index (χ0n) is 13.6. The molecule has 0 bridgehead atoms. The van der Waals surface area contributed by atoms with Crippen LogP contribution in [0.3, 0.4) is 0 Å². The van der Waals surface area contributed by atoms with Crippen LogP contribution in [0.2, 0.25) is 0 Å². The molecule has 0 aliphatic carbocycles. The van der Waals surface area contributed by atoms with Crippen LogP contribution < -0.4 is 0 Å². The molecule has 22 heavy (non-hydrogen) atoms. The van der Waals surface area contributed by atoms with Crippen LogP contribution in [0.1, 0.15) is 31.1 Å². The van der Waals surface area contributed by atoms with Gasteiger partial charge in [0.25, 0.3) is 0 Å². The lowest BCUT2D eigenvalue weighted by molar-refractivity contribution is -0.133. The van der Waals surface area contributed by atoms with Crippen molar-refractivity contribution in [2.24, 2.45) is 7.05 Å². The van der Waals surface area contributed by atoms with E-state index in [1.165, 1.54) is 6.42 Å². The summed E-state index contributed by atoms with van der Waals surface area (Å²) in [6.07, 6.45) is 4.63. The third-order valence-electron chi connectivity index (χ3n) is 4.88. The average Bonchev–Trinajstić information content (AvgIpc) is 3.13. The van der Waals surface area contributed by atoms with E-state index in [2.05, 4.69) is 27.0 Å². The van der Waals surface area contributed by atoms with E-state index in [1.807, 2.05) is 16.5 Å². The van der Waals surface area contributed by atoms with Gasteiger partial charge in [0.15, 0.2) is 0 Å². The van der Waals surface area contributed by atoms with Gasteiger partial charge in [-0.1, -0.05) is 0 Å². The number of piperazine rings is 1. The van der Waals surface area contributed by atoms with Gasteiger partial charge in [0.2, 0.25) is 5.91 Å². The lowest BCUT2D eigenvalue weighted by atomic mass is 10.2. The number of likely N-dealkylation sites (tertiary alicyclic amines) is 1. The molecule has 7 nitrogen and oxygen atoms in total. The first kappa shape index (κ1) is 15.4. The maximum absolute atomic E-state index is 12.4. The summed E-state index contributed by atoms with van der Waals surface area (Å²) < 4.78 is 1.99. The molecule has 2 aliphatic rings. The van der Waals surface area contributed by atoms with Crippen LogP contribution in [0.5, 0.6) is 0 Å². The van der Waals surface area contributed by atoms with E-state index >= 15 is 0 Å². The molecule has 2 aliphatic heterocycles. The number of carbonyl (C=O) groups is 1. The number of rotatable bonds is 4. The lowest BCUT2D eigenvalue weighted by Crippen LogP contribution is -2.47. The first-order chi connectivity index (χ1) is 10.6. The van der Waals surface area contributed by atoms with E-state index < -0.39 is 0 Å². The first-order valence-electron chi connectivity index (χ1n) is 8.19. The minimum atomic E-state index is 0.289. The van der Waals surface area contributed by atoms with E-state index in [0.717, 1.165) is 51.5 Å². The molecule has 3 heterocycles. The van der Waals surface area contributed by atoms with Gasteiger partial charge in [0, 0.05) is 46.2 Å². The molecule has 1 unspecified atom stereocenters. The summed E-state index contributed by atoms with van der Waals surface area (Å²) in [7, 11) is 4.10. The Balaban J connectivity index is 1.52. The van der Waals surface area contributed by atoms with Gasteiger partial charge < -0.3 is 14.4 Å². The molecule has 3 rings (SSSR count). The number of nitrogens with zero attached hydrogens (tertiary/aromatic N) is 6. The maximum atomic E-state index is 12.4. The fourth-order valence-electron chi connectivity index (χ4n) is 3.43. The van der Waals surface area contributed by atoms with Crippen LogP contribution in [-0.4, -0.2) is 81.7 Å². The molecule has 1 aromatic rings. The quantitative estimate of drug-likeness (QED) is 0.791. The van der Waals surface area contributed by atoms with Gasteiger partial charge in [-0.25, -0.2) is 0 Å². The molecule has 0 radical (unpaired) electrons. The highest BCUT2D eigenvalue weighted by atomic mass is 16.2. The Kier molecular flexibility index (Phi) is 4.73. The van der Waals surface area contributed by atoms with E-state index in [4.69, 9.17) is 0 Å². The Morgan fingerprint density at radius 1 is 1.23 bits per heavy atom. The minimum absolute atomic E-state index is 0.289. The Labute approximate surface area is 131 Å². The SMILES string of the molecule is CN1CCN(C(=O)CCN2CCCC2c2nncn2C)CC1. The molecule has 1 aromatic heterocycles. The summed E-state index contributed by atoms with van der Waals surface area (Å²) in [5.41, 5.74) is 0. The average molecular weight is 306 g/mol. The topological polar surface area (TPSA) is 57.5 Å². The number of aryl methyl sites for hydroxylation is 1. The van der Waals surface area contributed by atoms with Crippen LogP contribution >= 0.6 is 0 Å². The molecular formula is C15H26N6O. The van der Waals surface area contributed by atoms with E-state index in [-0.39, 0.29) is 5.91 Å². The van der Waals surface area contributed by atoms with Crippen molar-refractivity contribution in [3.8, 4) is 0 Å². The predicted molar refractivity (Wildman–Crippen MR) is 83.2 cm³/mol. The lowest BCUT2D eigenvalue weighted by Gasteiger charge is -2.33. The summed E-state index contributed by atoms with van der Waals surface area (Å²) in [6.45, 7) is 5.56. The standard InChI is InChI=1S/C15H26N6O/c1-18-8-10-21(11-9-18)14(22)5-7-20-6-3-4-13(20)15-17-16-12-19(15)2/h12-13H,3-11H2,1-2H3. The molecule has 0 aromatic carbocycles. The molecule has 0 N–H and O–H groups in total. The number of likely N-dealkylation sites (N-methyl/N-ethyl adjacent to an activating group) is 1. The molecule has 1 amide bonds. The molecule has 1 atom stereocenters. The molecule has 122 valence electrons. The smallest absolute Gasteiger partial charge is 0.223 e. The molecule has 7 heteroatoms. The van der Waals surface area contributed by atoms with Crippen molar-refractivity contribution in [2.75, 3.05) is 46.3 Å². The zero-order chi connectivity index (χ0) is 15.5. The second-order valence-electron chi connectivity index (χ2n) is 6.43. The zero-order valence-corrected chi connectivity index (χ0v) is 13.6. The number of hydrogen-bond donors (Lipinski definition) is 0.